The molecule has 0 bridgehead atoms. The van der Waals surface area contributed by atoms with Gasteiger partial charge >= 0.3 is 11.9 Å². The number of rotatable bonds is 2. The first-order valence-corrected chi connectivity index (χ1v) is 4.62. The van der Waals surface area contributed by atoms with Gasteiger partial charge in [-0.2, -0.15) is 0 Å². The Morgan fingerprint density at radius 3 is 2.35 bits per heavy atom. The van der Waals surface area contributed by atoms with Gasteiger partial charge in [-0.3, -0.25) is 4.79 Å². The van der Waals surface area contributed by atoms with E-state index in [1.807, 2.05) is 0 Å². The Labute approximate surface area is 94.1 Å². The lowest BCUT2D eigenvalue weighted by Crippen LogP contribution is -2.09. The molecule has 6 nitrogen and oxygen atoms in total. The van der Waals surface area contributed by atoms with E-state index in [0.29, 0.717) is 5.39 Å². The minimum Gasteiger partial charge on any atom is -0.478 e. The molecule has 86 valence electrons. The van der Waals surface area contributed by atoms with Crippen molar-refractivity contribution in [2.75, 3.05) is 0 Å². The Morgan fingerprint density at radius 2 is 1.76 bits per heavy atom. The Morgan fingerprint density at radius 1 is 1.06 bits per heavy atom. The van der Waals surface area contributed by atoms with Crippen LogP contribution in [0.1, 0.15) is 20.7 Å². The molecular formula is C11H7NO5. The Kier molecular flexibility index (Phi) is 2.40. The molecule has 1 aromatic heterocycles. The second-order valence-corrected chi connectivity index (χ2v) is 3.42. The summed E-state index contributed by atoms with van der Waals surface area (Å²) in [6.07, 6.45) is 0. The van der Waals surface area contributed by atoms with Crippen LogP contribution in [-0.2, 0) is 0 Å². The zero-order valence-corrected chi connectivity index (χ0v) is 8.43. The van der Waals surface area contributed by atoms with E-state index < -0.39 is 17.5 Å². The van der Waals surface area contributed by atoms with E-state index >= 15 is 0 Å². The van der Waals surface area contributed by atoms with Gasteiger partial charge in [0.25, 0.3) is 0 Å². The highest BCUT2D eigenvalue weighted by Gasteiger charge is 2.14. The highest BCUT2D eigenvalue weighted by atomic mass is 16.4. The van der Waals surface area contributed by atoms with Crippen molar-refractivity contribution in [2.24, 2.45) is 0 Å². The van der Waals surface area contributed by atoms with E-state index in [9.17, 15) is 14.4 Å². The van der Waals surface area contributed by atoms with Crippen LogP contribution in [0.2, 0.25) is 0 Å². The monoisotopic (exact) mass is 233 g/mol. The van der Waals surface area contributed by atoms with Crippen molar-refractivity contribution < 1.29 is 19.8 Å². The molecule has 6 heteroatoms. The first kappa shape index (κ1) is 10.9. The highest BCUT2D eigenvalue weighted by molar-refractivity contribution is 6.05. The molecule has 2 aromatic rings. The van der Waals surface area contributed by atoms with Crippen molar-refractivity contribution in [3.8, 4) is 0 Å². The van der Waals surface area contributed by atoms with Gasteiger partial charge in [-0.25, -0.2) is 9.59 Å². The number of aromatic nitrogens is 1. The molecule has 0 unspecified atom stereocenters. The minimum atomic E-state index is -1.29. The van der Waals surface area contributed by atoms with Gasteiger partial charge in [0, 0.05) is 6.07 Å². The van der Waals surface area contributed by atoms with Crippen molar-refractivity contribution in [2.45, 2.75) is 0 Å². The number of aromatic amines is 1. The second kappa shape index (κ2) is 3.75. The zero-order chi connectivity index (χ0) is 12.6. The average Bonchev–Trinajstić information content (AvgIpc) is 2.27. The lowest BCUT2D eigenvalue weighted by Gasteiger charge is -2.04. The number of hydrogen-bond donors (Lipinski definition) is 3. The summed E-state index contributed by atoms with van der Waals surface area (Å²) in [6, 6.07) is 4.91. The normalized spacial score (nSPS) is 10.4. The van der Waals surface area contributed by atoms with E-state index in [4.69, 9.17) is 10.2 Å². The summed E-state index contributed by atoms with van der Waals surface area (Å²) < 4.78 is 0. The van der Waals surface area contributed by atoms with E-state index in [2.05, 4.69) is 4.98 Å². The predicted molar refractivity (Wildman–Crippen MR) is 58.5 cm³/mol. The number of benzene rings is 1. The molecule has 0 aliphatic rings. The number of nitrogens with one attached hydrogen (secondary N) is 1. The molecule has 0 saturated carbocycles. The van der Waals surface area contributed by atoms with Gasteiger partial charge < -0.3 is 15.2 Å². The number of carbonyl (C=O) groups is 2. The fourth-order valence-electron chi connectivity index (χ4n) is 1.56. The zero-order valence-electron chi connectivity index (χ0n) is 8.43. The van der Waals surface area contributed by atoms with Crippen LogP contribution in [0.4, 0.5) is 0 Å². The largest absolute Gasteiger partial charge is 0.478 e. The first-order valence-electron chi connectivity index (χ1n) is 4.62. The van der Waals surface area contributed by atoms with Crippen molar-refractivity contribution in [1.82, 2.24) is 4.98 Å². The molecule has 1 aromatic carbocycles. The van der Waals surface area contributed by atoms with Crippen LogP contribution >= 0.6 is 0 Å². The van der Waals surface area contributed by atoms with Gasteiger partial charge in [0.1, 0.15) is 0 Å². The summed E-state index contributed by atoms with van der Waals surface area (Å²) in [5, 5.41) is 18.2. The van der Waals surface area contributed by atoms with Crippen LogP contribution in [-0.4, -0.2) is 27.1 Å². The maximum absolute atomic E-state index is 11.1. The molecule has 0 aliphatic carbocycles. The van der Waals surface area contributed by atoms with E-state index in [-0.39, 0.29) is 16.6 Å². The lowest BCUT2D eigenvalue weighted by molar-refractivity contribution is 0.0696. The van der Waals surface area contributed by atoms with Crippen molar-refractivity contribution in [3.63, 3.8) is 0 Å². The van der Waals surface area contributed by atoms with E-state index in [1.54, 1.807) is 0 Å². The number of aromatic carboxylic acids is 2. The molecule has 1 heterocycles. The maximum Gasteiger partial charge on any atom is 0.337 e. The SMILES string of the molecule is O=C(O)c1cc(C(=O)O)c2[nH]c(=O)ccc2c1. The summed E-state index contributed by atoms with van der Waals surface area (Å²) in [6.45, 7) is 0. The van der Waals surface area contributed by atoms with Gasteiger partial charge in [0.05, 0.1) is 16.6 Å². The van der Waals surface area contributed by atoms with Crippen LogP contribution in [0.25, 0.3) is 10.9 Å². The van der Waals surface area contributed by atoms with E-state index in [1.165, 1.54) is 18.2 Å². The lowest BCUT2D eigenvalue weighted by atomic mass is 10.1. The number of pyridine rings is 1. The standard InChI is InChI=1S/C11H7NO5/c13-8-2-1-5-3-6(10(14)15)4-7(11(16)17)9(5)12-8/h1-4H,(H,12,13)(H,14,15)(H,16,17). The molecule has 0 amide bonds. The Balaban J connectivity index is 2.90. The fraction of sp³-hybridized carbons (Fsp3) is 0. The Bertz CT molecular complexity index is 686. The third kappa shape index (κ3) is 1.87. The molecule has 0 spiro atoms. The maximum atomic E-state index is 11.1. The van der Waals surface area contributed by atoms with Crippen LogP contribution in [0, 0.1) is 0 Å². The molecule has 0 fully saturated rings. The summed E-state index contributed by atoms with van der Waals surface area (Å²) in [5.41, 5.74) is -0.697. The summed E-state index contributed by atoms with van der Waals surface area (Å²) >= 11 is 0. The minimum absolute atomic E-state index is 0.120. The third-order valence-corrected chi connectivity index (χ3v) is 2.31. The first-order chi connectivity index (χ1) is 7.99. The number of hydrogen-bond acceptors (Lipinski definition) is 3. The van der Waals surface area contributed by atoms with Gasteiger partial charge in [-0.1, -0.05) is 0 Å². The van der Waals surface area contributed by atoms with Crippen LogP contribution < -0.4 is 5.56 Å². The smallest absolute Gasteiger partial charge is 0.337 e. The van der Waals surface area contributed by atoms with Gasteiger partial charge in [0.15, 0.2) is 0 Å². The van der Waals surface area contributed by atoms with Gasteiger partial charge in [-0.15, -0.1) is 0 Å². The number of H-pyrrole nitrogens is 1. The third-order valence-electron chi connectivity index (χ3n) is 2.31. The molecule has 0 saturated heterocycles. The number of fused-ring (bicyclic) bond motifs is 1. The summed E-state index contributed by atoms with van der Waals surface area (Å²) in [4.78, 5) is 35.3. The fourth-order valence-corrected chi connectivity index (χ4v) is 1.56. The van der Waals surface area contributed by atoms with Crippen LogP contribution in [0.5, 0.6) is 0 Å². The second-order valence-electron chi connectivity index (χ2n) is 3.42. The summed E-state index contributed by atoms with van der Waals surface area (Å²) in [5.74, 6) is -2.51. The van der Waals surface area contributed by atoms with Crippen LogP contribution in [0.15, 0.2) is 29.1 Å². The predicted octanol–water partition coefficient (Wildman–Crippen LogP) is 0.925. The van der Waals surface area contributed by atoms with E-state index in [0.717, 1.165) is 6.07 Å². The quantitative estimate of drug-likeness (QED) is 0.714. The van der Waals surface area contributed by atoms with Crippen LogP contribution in [0.3, 0.4) is 0 Å². The molecule has 2 rings (SSSR count). The Hall–Kier alpha value is -2.63. The molecular weight excluding hydrogens is 226 g/mol. The van der Waals surface area contributed by atoms with Crippen molar-refractivity contribution in [3.05, 3.63) is 45.7 Å². The number of carboxylic acid groups (broad SMARTS) is 2. The van der Waals surface area contributed by atoms with Crippen molar-refractivity contribution in [1.29, 1.82) is 0 Å². The molecule has 17 heavy (non-hydrogen) atoms. The molecule has 0 aliphatic heterocycles. The van der Waals surface area contributed by atoms with Gasteiger partial charge in [0.2, 0.25) is 5.56 Å². The average molecular weight is 233 g/mol. The number of carboxylic acids is 2. The molecule has 0 radical (unpaired) electrons. The van der Waals surface area contributed by atoms with Crippen molar-refractivity contribution >= 4 is 22.8 Å². The molecule has 0 atom stereocenters. The van der Waals surface area contributed by atoms with Gasteiger partial charge in [-0.05, 0) is 23.6 Å². The summed E-state index contributed by atoms with van der Waals surface area (Å²) in [7, 11) is 0. The topological polar surface area (TPSA) is 107 Å². The highest BCUT2D eigenvalue weighted by Crippen LogP contribution is 2.18. The molecule has 3 N–H and O–H groups in total.